The average molecular weight is 409 g/mol. The van der Waals surface area contributed by atoms with Gasteiger partial charge in [-0.1, -0.05) is 30.3 Å². The second kappa shape index (κ2) is 7.51. The maximum absolute atomic E-state index is 13.3. The fourth-order valence-corrected chi connectivity index (χ4v) is 3.20. The number of aromatic nitrogens is 4. The Labute approximate surface area is 169 Å². The van der Waals surface area contributed by atoms with Crippen LogP contribution in [0.15, 0.2) is 53.3 Å². The number of hydrogen-bond donors (Lipinski definition) is 1. The minimum atomic E-state index is -0.810. The Morgan fingerprint density at radius 3 is 2.43 bits per heavy atom. The van der Waals surface area contributed by atoms with Crippen molar-refractivity contribution in [1.82, 2.24) is 19.2 Å². The number of nitrogens with zero attached hydrogens (tertiary/aromatic N) is 4. The van der Waals surface area contributed by atoms with Gasteiger partial charge in [0.1, 0.15) is 11.6 Å². The molecular formula is C21H17F2N5O2. The summed E-state index contributed by atoms with van der Waals surface area (Å²) in [5.74, 6) is -1.47. The molecule has 4 rings (SSSR count). The number of amides is 1. The number of nitrogens with one attached hydrogen (secondary N) is 1. The molecule has 2 heterocycles. The molecule has 0 fully saturated rings. The summed E-state index contributed by atoms with van der Waals surface area (Å²) in [6.07, 6.45) is -0.285. The van der Waals surface area contributed by atoms with Crippen molar-refractivity contribution < 1.29 is 13.6 Å². The van der Waals surface area contributed by atoms with E-state index in [1.807, 2.05) is 30.3 Å². The Morgan fingerprint density at radius 2 is 1.77 bits per heavy atom. The van der Waals surface area contributed by atoms with Crippen LogP contribution in [0.5, 0.6) is 0 Å². The minimum Gasteiger partial charge on any atom is -0.326 e. The van der Waals surface area contributed by atoms with Gasteiger partial charge < -0.3 is 9.88 Å². The monoisotopic (exact) mass is 409 g/mol. The summed E-state index contributed by atoms with van der Waals surface area (Å²) in [6, 6.07) is 11.9. The number of aryl methyl sites for hydroxylation is 1. The fraction of sp³-hybridized carbons (Fsp3) is 0.143. The quantitative estimate of drug-likeness (QED) is 0.562. The smallest absolute Gasteiger partial charge is 0.279 e. The van der Waals surface area contributed by atoms with Gasteiger partial charge in [-0.15, -0.1) is 5.10 Å². The molecule has 0 aliphatic carbocycles. The molecule has 0 radical (unpaired) electrons. The second-order valence-electron chi connectivity index (χ2n) is 6.82. The Morgan fingerprint density at radius 1 is 1.10 bits per heavy atom. The van der Waals surface area contributed by atoms with Gasteiger partial charge in [0.25, 0.3) is 5.56 Å². The first-order valence-electron chi connectivity index (χ1n) is 9.10. The number of halogens is 2. The lowest BCUT2D eigenvalue weighted by atomic mass is 10.1. The normalized spacial score (nSPS) is 11.1. The molecule has 1 N–H and O–H groups in total. The van der Waals surface area contributed by atoms with E-state index in [9.17, 15) is 18.4 Å². The van der Waals surface area contributed by atoms with Crippen LogP contribution < -0.4 is 10.9 Å². The first-order valence-corrected chi connectivity index (χ1v) is 9.10. The molecule has 0 aliphatic rings. The van der Waals surface area contributed by atoms with Crippen molar-refractivity contribution in [3.05, 3.63) is 81.8 Å². The van der Waals surface area contributed by atoms with Crippen molar-refractivity contribution in [2.75, 3.05) is 5.32 Å². The first-order chi connectivity index (χ1) is 14.3. The lowest BCUT2D eigenvalue weighted by Gasteiger charge is -2.11. The van der Waals surface area contributed by atoms with E-state index in [4.69, 9.17) is 0 Å². The molecule has 30 heavy (non-hydrogen) atoms. The summed E-state index contributed by atoms with van der Waals surface area (Å²) in [6.45, 7) is 1.70. The van der Waals surface area contributed by atoms with E-state index < -0.39 is 23.1 Å². The number of fused-ring (bicyclic) bond motifs is 1. The van der Waals surface area contributed by atoms with E-state index >= 15 is 0 Å². The van der Waals surface area contributed by atoms with Crippen molar-refractivity contribution in [1.29, 1.82) is 0 Å². The molecule has 0 bridgehead atoms. The molecule has 2 aromatic heterocycles. The summed E-state index contributed by atoms with van der Waals surface area (Å²) >= 11 is 0. The standard InChI is InChI=1S/C21H17F2N5O2/c1-12-17(11-18(29)24-16-9-14(22)8-15(23)10-16)20(30)28-21(27(12)2)25-19(26-28)13-6-4-3-5-7-13/h3-10H,11H2,1-2H3,(H,24,29). The molecular weight excluding hydrogens is 392 g/mol. The van der Waals surface area contributed by atoms with Crippen LogP contribution in [0, 0.1) is 18.6 Å². The SMILES string of the molecule is Cc1c(CC(=O)Nc2cc(F)cc(F)c2)c(=O)n2nc(-c3ccccc3)nc2n1C. The molecule has 0 saturated carbocycles. The van der Waals surface area contributed by atoms with Crippen LogP contribution in [-0.2, 0) is 18.3 Å². The third kappa shape index (κ3) is 3.57. The molecule has 0 aliphatic heterocycles. The van der Waals surface area contributed by atoms with Crippen LogP contribution in [-0.4, -0.2) is 25.1 Å². The lowest BCUT2D eigenvalue weighted by molar-refractivity contribution is -0.115. The predicted octanol–water partition coefficient (Wildman–Crippen LogP) is 2.86. The van der Waals surface area contributed by atoms with Gasteiger partial charge in [0.2, 0.25) is 11.7 Å². The highest BCUT2D eigenvalue weighted by Crippen LogP contribution is 2.17. The van der Waals surface area contributed by atoms with Crippen molar-refractivity contribution >= 4 is 17.4 Å². The van der Waals surface area contributed by atoms with E-state index in [2.05, 4.69) is 15.4 Å². The molecule has 7 nitrogen and oxygen atoms in total. The van der Waals surface area contributed by atoms with Crippen molar-refractivity contribution in [3.8, 4) is 11.4 Å². The average Bonchev–Trinajstić information content (AvgIpc) is 3.15. The van der Waals surface area contributed by atoms with E-state index in [0.29, 0.717) is 23.4 Å². The van der Waals surface area contributed by atoms with Crippen molar-refractivity contribution in [3.63, 3.8) is 0 Å². The molecule has 0 spiro atoms. The summed E-state index contributed by atoms with van der Waals surface area (Å²) in [7, 11) is 1.72. The topological polar surface area (TPSA) is 81.3 Å². The maximum atomic E-state index is 13.3. The zero-order valence-electron chi connectivity index (χ0n) is 16.2. The molecule has 4 aromatic rings. The molecule has 0 saturated heterocycles. The number of rotatable bonds is 4. The molecule has 1 amide bonds. The van der Waals surface area contributed by atoms with Crippen LogP contribution in [0.1, 0.15) is 11.3 Å². The van der Waals surface area contributed by atoms with Gasteiger partial charge in [-0.05, 0) is 19.1 Å². The van der Waals surface area contributed by atoms with Crippen LogP contribution >= 0.6 is 0 Å². The maximum Gasteiger partial charge on any atom is 0.279 e. The lowest BCUT2D eigenvalue weighted by Crippen LogP contribution is -2.28. The van der Waals surface area contributed by atoms with E-state index in [0.717, 1.165) is 22.2 Å². The molecule has 0 unspecified atom stereocenters. The van der Waals surface area contributed by atoms with Crippen LogP contribution in [0.25, 0.3) is 17.2 Å². The minimum absolute atomic E-state index is 0.0276. The van der Waals surface area contributed by atoms with Gasteiger partial charge in [0.05, 0.1) is 6.42 Å². The van der Waals surface area contributed by atoms with Crippen LogP contribution in [0.2, 0.25) is 0 Å². The summed E-state index contributed by atoms with van der Waals surface area (Å²) in [4.78, 5) is 29.9. The third-order valence-corrected chi connectivity index (χ3v) is 4.80. The van der Waals surface area contributed by atoms with Crippen molar-refractivity contribution in [2.45, 2.75) is 13.3 Å². The summed E-state index contributed by atoms with van der Waals surface area (Å²) in [5.41, 5.74) is 1.01. The highest BCUT2D eigenvalue weighted by Gasteiger charge is 2.19. The molecule has 2 aromatic carbocycles. The highest BCUT2D eigenvalue weighted by atomic mass is 19.1. The Balaban J connectivity index is 1.70. The molecule has 152 valence electrons. The predicted molar refractivity (Wildman–Crippen MR) is 107 cm³/mol. The summed E-state index contributed by atoms with van der Waals surface area (Å²) < 4.78 is 29.5. The van der Waals surface area contributed by atoms with Crippen LogP contribution in [0.4, 0.5) is 14.5 Å². The van der Waals surface area contributed by atoms with Gasteiger partial charge in [0, 0.05) is 35.6 Å². The van der Waals surface area contributed by atoms with Gasteiger partial charge in [-0.2, -0.15) is 9.50 Å². The van der Waals surface area contributed by atoms with E-state index in [1.165, 1.54) is 0 Å². The van der Waals surface area contributed by atoms with Gasteiger partial charge in [-0.25, -0.2) is 8.78 Å². The highest BCUT2D eigenvalue weighted by molar-refractivity contribution is 5.92. The van der Waals surface area contributed by atoms with Gasteiger partial charge >= 0.3 is 0 Å². The zero-order chi connectivity index (χ0) is 21.4. The largest absolute Gasteiger partial charge is 0.326 e. The molecule has 0 atom stereocenters. The Kier molecular flexibility index (Phi) is 4.86. The zero-order valence-corrected chi connectivity index (χ0v) is 16.2. The molecule has 9 heteroatoms. The van der Waals surface area contributed by atoms with Crippen LogP contribution in [0.3, 0.4) is 0 Å². The van der Waals surface area contributed by atoms with Crippen molar-refractivity contribution in [2.24, 2.45) is 7.05 Å². The van der Waals surface area contributed by atoms with E-state index in [-0.39, 0.29) is 17.7 Å². The summed E-state index contributed by atoms with van der Waals surface area (Å²) in [5, 5.41) is 6.71. The number of hydrogen-bond acceptors (Lipinski definition) is 4. The second-order valence-corrected chi connectivity index (χ2v) is 6.82. The number of carbonyl (C=O) groups is 1. The Bertz CT molecular complexity index is 1310. The first kappa shape index (κ1) is 19.4. The number of anilines is 1. The number of carbonyl (C=O) groups excluding carboxylic acids is 1. The Hall–Kier alpha value is -3.88. The fourth-order valence-electron chi connectivity index (χ4n) is 3.20. The van der Waals surface area contributed by atoms with Gasteiger partial charge in [0.15, 0.2) is 5.82 Å². The van der Waals surface area contributed by atoms with E-state index in [1.54, 1.807) is 18.5 Å². The number of benzene rings is 2. The third-order valence-electron chi connectivity index (χ3n) is 4.80. The van der Waals surface area contributed by atoms with Gasteiger partial charge in [-0.3, -0.25) is 9.59 Å².